The molecule has 0 radical (unpaired) electrons. The van der Waals surface area contributed by atoms with Crippen LogP contribution in [0.15, 0.2) is 24.3 Å². The van der Waals surface area contributed by atoms with E-state index in [9.17, 15) is 9.59 Å². The van der Waals surface area contributed by atoms with Crippen molar-refractivity contribution in [3.05, 3.63) is 29.3 Å². The van der Waals surface area contributed by atoms with Crippen molar-refractivity contribution in [2.75, 3.05) is 32.8 Å². The minimum absolute atomic E-state index is 0. The largest absolute Gasteiger partial charge is 0.484 e. The molecular formula is C16H23Cl2N3O3. The molecule has 1 aliphatic rings. The molecule has 8 heteroatoms. The zero-order valence-corrected chi connectivity index (χ0v) is 15.2. The van der Waals surface area contributed by atoms with Crippen LogP contribution in [-0.2, 0) is 9.59 Å². The number of nitrogens with zero attached hydrogens (tertiary/aromatic N) is 2. The first-order chi connectivity index (χ1) is 11.0. The van der Waals surface area contributed by atoms with Crippen molar-refractivity contribution in [3.63, 3.8) is 0 Å². The van der Waals surface area contributed by atoms with Crippen LogP contribution in [0.1, 0.15) is 13.3 Å². The fourth-order valence-corrected chi connectivity index (χ4v) is 2.50. The average Bonchev–Trinajstić information content (AvgIpc) is 2.53. The highest BCUT2D eigenvalue weighted by Gasteiger charge is 2.24. The van der Waals surface area contributed by atoms with Crippen molar-refractivity contribution in [2.45, 2.75) is 19.4 Å². The van der Waals surface area contributed by atoms with Crippen LogP contribution in [0.4, 0.5) is 0 Å². The Labute approximate surface area is 153 Å². The summed E-state index contributed by atoms with van der Waals surface area (Å²) < 4.78 is 5.46. The Balaban J connectivity index is 0.00000288. The monoisotopic (exact) mass is 375 g/mol. The first-order valence-electron chi connectivity index (χ1n) is 7.65. The summed E-state index contributed by atoms with van der Waals surface area (Å²) in [4.78, 5) is 27.5. The van der Waals surface area contributed by atoms with E-state index in [0.29, 0.717) is 43.4 Å². The minimum atomic E-state index is -0.144. The van der Waals surface area contributed by atoms with Crippen LogP contribution >= 0.6 is 24.0 Å². The number of rotatable bonds is 5. The van der Waals surface area contributed by atoms with Gasteiger partial charge in [-0.1, -0.05) is 11.6 Å². The predicted octanol–water partition coefficient (Wildman–Crippen LogP) is 1.55. The smallest absolute Gasteiger partial charge is 0.260 e. The first-order valence-corrected chi connectivity index (χ1v) is 8.03. The molecule has 2 N–H and O–H groups in total. The van der Waals surface area contributed by atoms with Gasteiger partial charge in [0.2, 0.25) is 5.91 Å². The van der Waals surface area contributed by atoms with Crippen LogP contribution in [0.2, 0.25) is 5.02 Å². The summed E-state index contributed by atoms with van der Waals surface area (Å²) in [7, 11) is 0. The number of carbonyl (C=O) groups is 2. The van der Waals surface area contributed by atoms with Crippen molar-refractivity contribution in [3.8, 4) is 5.75 Å². The normalized spacial score (nSPS) is 15.5. The molecular weight excluding hydrogens is 353 g/mol. The molecule has 1 heterocycles. The number of nitrogens with two attached hydrogens (primary N) is 1. The van der Waals surface area contributed by atoms with Gasteiger partial charge < -0.3 is 20.3 Å². The molecule has 0 bridgehead atoms. The third-order valence-electron chi connectivity index (χ3n) is 3.66. The molecule has 0 aliphatic carbocycles. The van der Waals surface area contributed by atoms with Gasteiger partial charge in [0, 0.05) is 43.7 Å². The van der Waals surface area contributed by atoms with Gasteiger partial charge in [0.25, 0.3) is 5.91 Å². The molecule has 1 aromatic carbocycles. The van der Waals surface area contributed by atoms with Crippen molar-refractivity contribution in [1.82, 2.24) is 9.80 Å². The lowest BCUT2D eigenvalue weighted by atomic mass is 10.2. The lowest BCUT2D eigenvalue weighted by molar-refractivity contribution is -0.140. The van der Waals surface area contributed by atoms with Crippen LogP contribution < -0.4 is 10.5 Å². The molecule has 2 amide bonds. The number of ether oxygens (including phenoxy) is 1. The average molecular weight is 376 g/mol. The maximum Gasteiger partial charge on any atom is 0.260 e. The van der Waals surface area contributed by atoms with Gasteiger partial charge in [-0.25, -0.2) is 0 Å². The van der Waals surface area contributed by atoms with E-state index in [1.165, 1.54) is 0 Å². The fraction of sp³-hybridized carbons (Fsp3) is 0.500. The molecule has 2 rings (SSSR count). The van der Waals surface area contributed by atoms with E-state index in [0.717, 1.165) is 0 Å². The number of hydrogen-bond donors (Lipinski definition) is 1. The van der Waals surface area contributed by atoms with Crippen LogP contribution in [0.3, 0.4) is 0 Å². The van der Waals surface area contributed by atoms with E-state index in [-0.39, 0.29) is 36.9 Å². The molecule has 6 nitrogen and oxygen atoms in total. The van der Waals surface area contributed by atoms with Gasteiger partial charge in [0.15, 0.2) is 6.61 Å². The SMILES string of the molecule is CC(N)CC(=O)N1CCN(C(=O)COc2ccc(Cl)cc2)CC1.Cl. The van der Waals surface area contributed by atoms with E-state index >= 15 is 0 Å². The molecule has 1 saturated heterocycles. The molecule has 1 unspecified atom stereocenters. The Morgan fingerprint density at radius 3 is 2.12 bits per heavy atom. The highest BCUT2D eigenvalue weighted by Crippen LogP contribution is 2.15. The molecule has 134 valence electrons. The Hall–Kier alpha value is -1.50. The summed E-state index contributed by atoms with van der Waals surface area (Å²) >= 11 is 5.80. The van der Waals surface area contributed by atoms with Gasteiger partial charge in [-0.15, -0.1) is 12.4 Å². The zero-order valence-electron chi connectivity index (χ0n) is 13.6. The standard InChI is InChI=1S/C16H22ClN3O3.ClH/c1-12(18)10-15(21)19-6-8-20(9-7-19)16(22)11-23-14-4-2-13(17)3-5-14;/h2-5,12H,6-11,18H2,1H3;1H. The molecule has 0 aromatic heterocycles. The summed E-state index contributed by atoms with van der Waals surface area (Å²) in [6.45, 7) is 3.92. The van der Waals surface area contributed by atoms with E-state index in [1.54, 1.807) is 34.1 Å². The number of hydrogen-bond acceptors (Lipinski definition) is 4. The minimum Gasteiger partial charge on any atom is -0.484 e. The van der Waals surface area contributed by atoms with Gasteiger partial charge >= 0.3 is 0 Å². The summed E-state index contributed by atoms with van der Waals surface area (Å²) in [5, 5.41) is 0.622. The van der Waals surface area contributed by atoms with Crippen molar-refractivity contribution in [1.29, 1.82) is 0 Å². The molecule has 24 heavy (non-hydrogen) atoms. The number of carbonyl (C=O) groups excluding carboxylic acids is 2. The van der Waals surface area contributed by atoms with E-state index in [2.05, 4.69) is 0 Å². The van der Waals surface area contributed by atoms with Gasteiger partial charge in [-0.3, -0.25) is 9.59 Å². The van der Waals surface area contributed by atoms with Crippen LogP contribution in [0, 0.1) is 0 Å². The summed E-state index contributed by atoms with van der Waals surface area (Å²) in [5.74, 6) is 0.567. The Morgan fingerprint density at radius 1 is 1.12 bits per heavy atom. The zero-order chi connectivity index (χ0) is 16.8. The third-order valence-corrected chi connectivity index (χ3v) is 3.91. The van der Waals surface area contributed by atoms with E-state index in [1.807, 2.05) is 6.92 Å². The number of benzene rings is 1. The molecule has 1 aliphatic heterocycles. The second-order valence-electron chi connectivity index (χ2n) is 5.69. The van der Waals surface area contributed by atoms with Crippen molar-refractivity contribution >= 4 is 35.8 Å². The fourth-order valence-electron chi connectivity index (χ4n) is 2.38. The molecule has 1 fully saturated rings. The Bertz CT molecular complexity index is 544. The van der Waals surface area contributed by atoms with Crippen LogP contribution in [0.5, 0.6) is 5.75 Å². The molecule has 0 saturated carbocycles. The van der Waals surface area contributed by atoms with Gasteiger partial charge in [0.1, 0.15) is 5.75 Å². The Kier molecular flexibility index (Phi) is 8.31. The first kappa shape index (κ1) is 20.5. The van der Waals surface area contributed by atoms with E-state index in [4.69, 9.17) is 22.1 Å². The quantitative estimate of drug-likeness (QED) is 0.846. The second-order valence-corrected chi connectivity index (χ2v) is 6.12. The number of halogens is 2. The Morgan fingerprint density at radius 2 is 1.62 bits per heavy atom. The van der Waals surface area contributed by atoms with Gasteiger partial charge in [-0.2, -0.15) is 0 Å². The van der Waals surface area contributed by atoms with Crippen molar-refractivity contribution < 1.29 is 14.3 Å². The molecule has 0 spiro atoms. The topological polar surface area (TPSA) is 75.9 Å². The van der Waals surface area contributed by atoms with Gasteiger partial charge in [0.05, 0.1) is 0 Å². The third kappa shape index (κ3) is 6.19. The van der Waals surface area contributed by atoms with E-state index < -0.39 is 0 Å². The van der Waals surface area contributed by atoms with Crippen LogP contribution in [-0.4, -0.2) is 60.4 Å². The lowest BCUT2D eigenvalue weighted by Gasteiger charge is -2.35. The summed E-state index contributed by atoms with van der Waals surface area (Å²) in [5.41, 5.74) is 5.64. The highest BCUT2D eigenvalue weighted by molar-refractivity contribution is 6.30. The highest BCUT2D eigenvalue weighted by atomic mass is 35.5. The predicted molar refractivity (Wildman–Crippen MR) is 95.6 cm³/mol. The summed E-state index contributed by atoms with van der Waals surface area (Å²) in [6.07, 6.45) is 0.341. The second kappa shape index (κ2) is 9.71. The summed E-state index contributed by atoms with van der Waals surface area (Å²) in [6, 6.07) is 6.73. The molecule has 1 atom stereocenters. The van der Waals surface area contributed by atoms with Crippen molar-refractivity contribution in [2.24, 2.45) is 5.73 Å². The maximum atomic E-state index is 12.1. The van der Waals surface area contributed by atoms with Gasteiger partial charge in [-0.05, 0) is 31.2 Å². The lowest BCUT2D eigenvalue weighted by Crippen LogP contribution is -2.52. The van der Waals surface area contributed by atoms with Crippen LogP contribution in [0.25, 0.3) is 0 Å². The number of piperazine rings is 1. The molecule has 1 aromatic rings. The number of amides is 2. The maximum absolute atomic E-state index is 12.1.